The number of nitrogens with one attached hydrogen (secondary N) is 2. The van der Waals surface area contributed by atoms with Gasteiger partial charge in [0.2, 0.25) is 5.91 Å². The first-order chi connectivity index (χ1) is 7.54. The fourth-order valence-electron chi connectivity index (χ4n) is 1.08. The lowest BCUT2D eigenvalue weighted by Gasteiger charge is -2.10. The molecule has 0 saturated carbocycles. The normalized spacial score (nSPS) is 10.0. The zero-order valence-electron chi connectivity index (χ0n) is 8.19. The fourth-order valence-corrected chi connectivity index (χ4v) is 3.62. The number of carbonyl (C=O) groups excluding carboxylic acids is 1. The second-order valence-electron chi connectivity index (χ2n) is 2.99. The smallest absolute Gasteiger partial charge is 0.235 e. The molecule has 1 aromatic rings. The number of halogens is 3. The molecule has 0 radical (unpaired) electrons. The van der Waals surface area contributed by atoms with E-state index in [1.165, 1.54) is 0 Å². The largest absolute Gasteiger partial charge is 0.383 e. The highest BCUT2D eigenvalue weighted by atomic mass is 79.9. The van der Waals surface area contributed by atoms with Gasteiger partial charge in [-0.05, 0) is 44.0 Å². The van der Waals surface area contributed by atoms with E-state index in [2.05, 4.69) is 58.5 Å². The Hall–Kier alpha value is -0.110. The maximum absolute atomic E-state index is 10.9. The van der Waals surface area contributed by atoms with Crippen LogP contribution in [0.25, 0.3) is 0 Å². The molecule has 0 aliphatic rings. The molecular weight excluding hydrogens is 406 g/mol. The van der Waals surface area contributed by atoms with Crippen LogP contribution in [0.3, 0.4) is 0 Å². The van der Waals surface area contributed by atoms with Crippen LogP contribution in [0.15, 0.2) is 25.6 Å². The van der Waals surface area contributed by atoms with Crippen LogP contribution >= 0.6 is 47.8 Å². The summed E-state index contributed by atoms with van der Waals surface area (Å²) in [5, 5.41) is 3.14. The Balaban J connectivity index is 2.64. The second kappa shape index (κ2) is 6.58. The molecule has 0 bridgehead atoms. The van der Waals surface area contributed by atoms with E-state index < -0.39 is 0 Å². The molecular formula is C9H10Br3N3O. The Labute approximate surface area is 119 Å². The first-order valence-electron chi connectivity index (χ1n) is 4.42. The van der Waals surface area contributed by atoms with Crippen molar-refractivity contribution in [1.82, 2.24) is 5.43 Å². The van der Waals surface area contributed by atoms with Crippen molar-refractivity contribution in [3.63, 3.8) is 0 Å². The molecule has 0 saturated heterocycles. The van der Waals surface area contributed by atoms with Crippen molar-refractivity contribution in [2.24, 2.45) is 5.84 Å². The van der Waals surface area contributed by atoms with Crippen molar-refractivity contribution in [3.05, 3.63) is 25.6 Å². The topological polar surface area (TPSA) is 67.1 Å². The van der Waals surface area contributed by atoms with Crippen molar-refractivity contribution in [2.75, 3.05) is 11.9 Å². The molecule has 88 valence electrons. The van der Waals surface area contributed by atoms with Crippen molar-refractivity contribution in [1.29, 1.82) is 0 Å². The lowest BCUT2D eigenvalue weighted by atomic mass is 10.3. The molecule has 0 fully saturated rings. The van der Waals surface area contributed by atoms with Gasteiger partial charge in [0.05, 0.1) is 5.69 Å². The van der Waals surface area contributed by atoms with Gasteiger partial charge in [0.1, 0.15) is 0 Å². The van der Waals surface area contributed by atoms with Crippen LogP contribution in [0, 0.1) is 0 Å². The van der Waals surface area contributed by atoms with E-state index in [9.17, 15) is 4.79 Å². The SMILES string of the molecule is NNC(=O)CCNc1c(Br)cc(Br)cc1Br. The molecule has 1 rings (SSSR count). The second-order valence-corrected chi connectivity index (χ2v) is 5.61. The molecule has 0 atom stereocenters. The fraction of sp³-hybridized carbons (Fsp3) is 0.222. The first-order valence-corrected chi connectivity index (χ1v) is 6.80. The minimum absolute atomic E-state index is 0.197. The van der Waals surface area contributed by atoms with E-state index in [0.717, 1.165) is 19.1 Å². The van der Waals surface area contributed by atoms with Crippen LogP contribution in [0.2, 0.25) is 0 Å². The molecule has 0 heterocycles. The molecule has 1 amide bonds. The van der Waals surface area contributed by atoms with E-state index in [1.807, 2.05) is 12.1 Å². The number of benzene rings is 1. The highest BCUT2D eigenvalue weighted by molar-refractivity contribution is 9.11. The van der Waals surface area contributed by atoms with E-state index in [4.69, 9.17) is 5.84 Å². The highest BCUT2D eigenvalue weighted by Gasteiger charge is 2.06. The van der Waals surface area contributed by atoms with Crippen molar-refractivity contribution in [3.8, 4) is 0 Å². The summed E-state index contributed by atoms with van der Waals surface area (Å²) in [5.74, 6) is 4.78. The third-order valence-corrected chi connectivity index (χ3v) is 3.53. The quantitative estimate of drug-likeness (QED) is 0.402. The van der Waals surface area contributed by atoms with Crippen LogP contribution in [-0.2, 0) is 4.79 Å². The number of anilines is 1. The maximum Gasteiger partial charge on any atom is 0.235 e. The van der Waals surface area contributed by atoms with Gasteiger partial charge in [-0.2, -0.15) is 0 Å². The summed E-state index contributed by atoms with van der Waals surface area (Å²) in [6, 6.07) is 3.85. The lowest BCUT2D eigenvalue weighted by Crippen LogP contribution is -2.31. The number of rotatable bonds is 4. The van der Waals surface area contributed by atoms with Gasteiger partial charge in [0, 0.05) is 26.4 Å². The van der Waals surface area contributed by atoms with E-state index in [1.54, 1.807) is 0 Å². The van der Waals surface area contributed by atoms with Gasteiger partial charge in [-0.25, -0.2) is 5.84 Å². The summed E-state index contributed by atoms with van der Waals surface area (Å²) >= 11 is 10.3. The molecule has 0 aromatic heterocycles. The summed E-state index contributed by atoms with van der Waals surface area (Å²) in [4.78, 5) is 10.9. The Morgan fingerprint density at radius 3 is 2.31 bits per heavy atom. The summed E-state index contributed by atoms with van der Waals surface area (Å²) in [6.45, 7) is 0.516. The number of hydrogen-bond donors (Lipinski definition) is 3. The predicted octanol–water partition coefficient (Wildman–Crippen LogP) is 2.77. The van der Waals surface area contributed by atoms with Crippen LogP contribution in [-0.4, -0.2) is 12.5 Å². The van der Waals surface area contributed by atoms with Gasteiger partial charge < -0.3 is 5.32 Å². The number of carbonyl (C=O) groups is 1. The first kappa shape index (κ1) is 14.0. The lowest BCUT2D eigenvalue weighted by molar-refractivity contribution is -0.120. The van der Waals surface area contributed by atoms with Crippen molar-refractivity contribution < 1.29 is 4.79 Å². The molecule has 1 aromatic carbocycles. The van der Waals surface area contributed by atoms with Gasteiger partial charge in [0.25, 0.3) is 0 Å². The Bertz CT molecular complexity index is 375. The number of hydrazine groups is 1. The number of hydrogen-bond acceptors (Lipinski definition) is 3. The Kier molecular flexibility index (Phi) is 5.74. The zero-order valence-corrected chi connectivity index (χ0v) is 12.9. The van der Waals surface area contributed by atoms with Crippen molar-refractivity contribution in [2.45, 2.75) is 6.42 Å². The maximum atomic E-state index is 10.9. The van der Waals surface area contributed by atoms with Gasteiger partial charge in [0.15, 0.2) is 0 Å². The average molecular weight is 416 g/mol. The summed E-state index contributed by atoms with van der Waals surface area (Å²) in [5.41, 5.74) is 2.99. The minimum Gasteiger partial charge on any atom is -0.383 e. The minimum atomic E-state index is -0.197. The van der Waals surface area contributed by atoms with Crippen LogP contribution in [0.1, 0.15) is 6.42 Å². The molecule has 0 aliphatic carbocycles. The van der Waals surface area contributed by atoms with Crippen LogP contribution in [0.4, 0.5) is 5.69 Å². The summed E-state index contributed by atoms with van der Waals surface area (Å²) in [7, 11) is 0. The average Bonchev–Trinajstić information content (AvgIpc) is 2.21. The molecule has 7 heteroatoms. The molecule has 16 heavy (non-hydrogen) atoms. The van der Waals surface area contributed by atoms with Crippen LogP contribution < -0.4 is 16.6 Å². The predicted molar refractivity (Wildman–Crippen MR) is 75.0 cm³/mol. The monoisotopic (exact) mass is 413 g/mol. The van der Waals surface area contributed by atoms with Crippen molar-refractivity contribution >= 4 is 59.4 Å². The van der Waals surface area contributed by atoms with E-state index in [-0.39, 0.29) is 5.91 Å². The standard InChI is InChI=1S/C9H10Br3N3O/c10-5-3-6(11)9(7(12)4-5)14-2-1-8(16)15-13/h3-4,14H,1-2,13H2,(H,15,16). The van der Waals surface area contributed by atoms with Gasteiger partial charge in [-0.1, -0.05) is 15.9 Å². The molecule has 0 aliphatic heterocycles. The van der Waals surface area contributed by atoms with Gasteiger partial charge in [-0.3, -0.25) is 10.2 Å². The van der Waals surface area contributed by atoms with E-state index >= 15 is 0 Å². The Morgan fingerprint density at radius 2 is 1.81 bits per heavy atom. The highest BCUT2D eigenvalue weighted by Crippen LogP contribution is 2.34. The molecule has 0 spiro atoms. The summed E-state index contributed by atoms with van der Waals surface area (Å²) in [6.07, 6.45) is 0.325. The van der Waals surface area contributed by atoms with E-state index in [0.29, 0.717) is 13.0 Å². The number of amides is 1. The van der Waals surface area contributed by atoms with Crippen LogP contribution in [0.5, 0.6) is 0 Å². The zero-order chi connectivity index (χ0) is 12.1. The summed E-state index contributed by atoms with van der Waals surface area (Å²) < 4.78 is 2.81. The molecule has 0 unspecified atom stereocenters. The van der Waals surface area contributed by atoms with Gasteiger partial charge >= 0.3 is 0 Å². The van der Waals surface area contributed by atoms with Gasteiger partial charge in [-0.15, -0.1) is 0 Å². The molecule has 4 N–H and O–H groups in total. The Morgan fingerprint density at radius 1 is 1.25 bits per heavy atom. The number of nitrogens with two attached hydrogens (primary N) is 1. The third-order valence-electron chi connectivity index (χ3n) is 1.82. The molecule has 4 nitrogen and oxygen atoms in total. The third kappa shape index (κ3) is 4.04.